The second-order valence-electron chi connectivity index (χ2n) is 6.97. The molecule has 6 nitrogen and oxygen atoms in total. The quantitative estimate of drug-likeness (QED) is 0.612. The summed E-state index contributed by atoms with van der Waals surface area (Å²) in [4.78, 5) is 19.1. The number of pyridine rings is 1. The van der Waals surface area contributed by atoms with Crippen molar-refractivity contribution >= 4 is 28.3 Å². The molecule has 0 radical (unpaired) electrons. The van der Waals surface area contributed by atoms with Crippen LogP contribution in [0.25, 0.3) is 11.1 Å². The van der Waals surface area contributed by atoms with Crippen LogP contribution in [0.5, 0.6) is 5.06 Å². The Labute approximate surface area is 168 Å². The van der Waals surface area contributed by atoms with Crippen molar-refractivity contribution in [2.24, 2.45) is 0 Å². The molecule has 3 aromatic rings. The SMILES string of the molecule is COc1ccc(C(=O)N2CCCC(c3noc4nc(C)cc(C(F)(F)F)c34)C2)s1. The summed E-state index contributed by atoms with van der Waals surface area (Å²) in [6, 6.07) is 4.41. The third-order valence-corrected chi connectivity index (χ3v) is 6.03. The van der Waals surface area contributed by atoms with Gasteiger partial charge in [-0.2, -0.15) is 13.2 Å². The van der Waals surface area contributed by atoms with Crippen LogP contribution in [0.3, 0.4) is 0 Å². The summed E-state index contributed by atoms with van der Waals surface area (Å²) in [6.07, 6.45) is -3.28. The first-order chi connectivity index (χ1) is 13.8. The number of aryl methyl sites for hydroxylation is 1. The van der Waals surface area contributed by atoms with Crippen molar-refractivity contribution < 1.29 is 27.2 Å². The molecule has 0 bridgehead atoms. The average molecular weight is 425 g/mol. The van der Waals surface area contributed by atoms with Crippen LogP contribution in [0.4, 0.5) is 13.2 Å². The van der Waals surface area contributed by atoms with E-state index in [9.17, 15) is 18.0 Å². The van der Waals surface area contributed by atoms with Crippen molar-refractivity contribution in [2.75, 3.05) is 20.2 Å². The van der Waals surface area contributed by atoms with E-state index in [1.165, 1.54) is 25.4 Å². The molecule has 1 aliphatic heterocycles. The van der Waals surface area contributed by atoms with Gasteiger partial charge in [0, 0.05) is 24.7 Å². The molecule has 0 saturated carbocycles. The number of likely N-dealkylation sites (tertiary alicyclic amines) is 1. The first-order valence-corrected chi connectivity index (χ1v) is 9.86. The number of alkyl halides is 3. The van der Waals surface area contributed by atoms with Gasteiger partial charge in [0.25, 0.3) is 11.6 Å². The van der Waals surface area contributed by atoms with Crippen LogP contribution in [-0.4, -0.2) is 41.1 Å². The highest BCUT2D eigenvalue weighted by Crippen LogP contribution is 2.40. The number of carbonyl (C=O) groups is 1. The van der Waals surface area contributed by atoms with Gasteiger partial charge >= 0.3 is 6.18 Å². The molecule has 1 fully saturated rings. The van der Waals surface area contributed by atoms with E-state index in [0.717, 1.165) is 6.07 Å². The Morgan fingerprint density at radius 3 is 2.86 bits per heavy atom. The molecule has 4 heterocycles. The molecule has 0 N–H and O–H groups in total. The lowest BCUT2D eigenvalue weighted by Crippen LogP contribution is -2.39. The van der Waals surface area contributed by atoms with E-state index in [1.807, 2.05) is 0 Å². The lowest BCUT2D eigenvalue weighted by atomic mass is 9.91. The minimum absolute atomic E-state index is 0.111. The number of methoxy groups -OCH3 is 1. The van der Waals surface area contributed by atoms with Gasteiger partial charge in [-0.3, -0.25) is 4.79 Å². The van der Waals surface area contributed by atoms with E-state index in [0.29, 0.717) is 29.3 Å². The van der Waals surface area contributed by atoms with Gasteiger partial charge in [0.1, 0.15) is 0 Å². The first-order valence-electron chi connectivity index (χ1n) is 9.05. The molecule has 154 valence electrons. The van der Waals surface area contributed by atoms with Gasteiger partial charge < -0.3 is 14.2 Å². The fourth-order valence-electron chi connectivity index (χ4n) is 3.68. The summed E-state index contributed by atoms with van der Waals surface area (Å²) in [5.41, 5.74) is -0.512. The topological polar surface area (TPSA) is 68.5 Å². The van der Waals surface area contributed by atoms with Gasteiger partial charge in [-0.25, -0.2) is 4.98 Å². The van der Waals surface area contributed by atoms with E-state index < -0.39 is 11.7 Å². The van der Waals surface area contributed by atoms with Crippen LogP contribution in [0.15, 0.2) is 22.7 Å². The number of amides is 1. The van der Waals surface area contributed by atoms with Gasteiger partial charge in [0.15, 0.2) is 5.06 Å². The number of hydrogen-bond donors (Lipinski definition) is 0. The van der Waals surface area contributed by atoms with Crippen LogP contribution >= 0.6 is 11.3 Å². The zero-order valence-electron chi connectivity index (χ0n) is 15.7. The van der Waals surface area contributed by atoms with Gasteiger partial charge in [0.2, 0.25) is 0 Å². The summed E-state index contributed by atoms with van der Waals surface area (Å²) in [5, 5.41) is 4.44. The van der Waals surface area contributed by atoms with E-state index in [2.05, 4.69) is 10.1 Å². The maximum Gasteiger partial charge on any atom is 0.417 e. The monoisotopic (exact) mass is 425 g/mol. The van der Waals surface area contributed by atoms with Gasteiger partial charge in [-0.15, -0.1) is 0 Å². The Bertz CT molecular complexity index is 1060. The molecule has 1 saturated heterocycles. The molecule has 29 heavy (non-hydrogen) atoms. The molecule has 1 aliphatic rings. The van der Waals surface area contributed by atoms with E-state index in [-0.39, 0.29) is 40.9 Å². The standard InChI is InChI=1S/C19H18F3N3O3S/c1-10-8-12(19(20,21)22)15-16(24-28-17(15)23-10)11-4-3-7-25(9-11)18(26)13-5-6-14(27-2)29-13/h5-6,8,11H,3-4,7,9H2,1-2H3. The summed E-state index contributed by atoms with van der Waals surface area (Å²) in [7, 11) is 1.53. The van der Waals surface area contributed by atoms with Gasteiger partial charge in [0.05, 0.1) is 28.6 Å². The summed E-state index contributed by atoms with van der Waals surface area (Å²) >= 11 is 1.24. The maximum atomic E-state index is 13.6. The predicted octanol–water partition coefficient (Wildman–Crippen LogP) is 4.64. The molecule has 0 aromatic carbocycles. The summed E-state index contributed by atoms with van der Waals surface area (Å²) in [6.45, 7) is 2.29. The van der Waals surface area contributed by atoms with Gasteiger partial charge in [-0.1, -0.05) is 16.5 Å². The fraction of sp³-hybridized carbons (Fsp3) is 0.421. The molecule has 4 rings (SSSR count). The van der Waals surface area contributed by atoms with Crippen molar-refractivity contribution in [3.8, 4) is 5.06 Å². The Kier molecular flexibility index (Phi) is 4.97. The summed E-state index contributed by atoms with van der Waals surface area (Å²) in [5.74, 6) is -0.526. The van der Waals surface area contributed by atoms with E-state index in [1.54, 1.807) is 17.0 Å². The second kappa shape index (κ2) is 7.33. The van der Waals surface area contributed by atoms with Crippen LogP contribution in [0.1, 0.15) is 45.4 Å². The molecule has 0 aliphatic carbocycles. The van der Waals surface area contributed by atoms with Crippen LogP contribution in [0.2, 0.25) is 0 Å². The number of rotatable bonds is 3. The molecular weight excluding hydrogens is 407 g/mol. The lowest BCUT2D eigenvalue weighted by molar-refractivity contribution is -0.136. The summed E-state index contributed by atoms with van der Waals surface area (Å²) < 4.78 is 51.1. The smallest absolute Gasteiger partial charge is 0.417 e. The number of nitrogens with zero attached hydrogens (tertiary/aromatic N) is 3. The highest BCUT2D eigenvalue weighted by atomic mass is 32.1. The molecule has 1 atom stereocenters. The number of fused-ring (bicyclic) bond motifs is 1. The number of carbonyl (C=O) groups excluding carboxylic acids is 1. The van der Waals surface area contributed by atoms with Crippen molar-refractivity contribution in [1.82, 2.24) is 15.0 Å². The zero-order chi connectivity index (χ0) is 20.8. The number of ether oxygens (including phenoxy) is 1. The Morgan fingerprint density at radius 1 is 1.38 bits per heavy atom. The Balaban J connectivity index is 1.66. The van der Waals surface area contributed by atoms with E-state index >= 15 is 0 Å². The number of thiophene rings is 1. The fourth-order valence-corrected chi connectivity index (χ4v) is 4.47. The largest absolute Gasteiger partial charge is 0.487 e. The van der Waals surface area contributed by atoms with Crippen LogP contribution in [0, 0.1) is 6.92 Å². The molecule has 10 heteroatoms. The molecular formula is C19H18F3N3O3S. The lowest BCUT2D eigenvalue weighted by Gasteiger charge is -2.31. The van der Waals surface area contributed by atoms with Crippen LogP contribution < -0.4 is 4.74 Å². The molecule has 1 amide bonds. The molecule has 1 unspecified atom stereocenters. The van der Waals surface area contributed by atoms with Crippen molar-refractivity contribution in [3.63, 3.8) is 0 Å². The number of aromatic nitrogens is 2. The highest BCUT2D eigenvalue weighted by molar-refractivity contribution is 7.15. The normalized spacial score (nSPS) is 17.7. The number of halogens is 3. The molecule has 3 aromatic heterocycles. The molecule has 0 spiro atoms. The Morgan fingerprint density at radius 2 is 2.17 bits per heavy atom. The van der Waals surface area contributed by atoms with Crippen molar-refractivity contribution in [1.29, 1.82) is 0 Å². The third kappa shape index (κ3) is 3.68. The minimum Gasteiger partial charge on any atom is -0.487 e. The predicted molar refractivity (Wildman–Crippen MR) is 100 cm³/mol. The second-order valence-corrected chi connectivity index (χ2v) is 8.02. The average Bonchev–Trinajstić information content (AvgIpc) is 3.33. The number of hydrogen-bond acceptors (Lipinski definition) is 6. The maximum absolute atomic E-state index is 13.6. The first kappa shape index (κ1) is 19.7. The van der Waals surface area contributed by atoms with E-state index in [4.69, 9.17) is 9.26 Å². The Hall–Kier alpha value is -2.62. The van der Waals surface area contributed by atoms with Crippen molar-refractivity contribution in [2.45, 2.75) is 31.9 Å². The van der Waals surface area contributed by atoms with Gasteiger partial charge in [-0.05, 0) is 38.0 Å². The highest BCUT2D eigenvalue weighted by Gasteiger charge is 2.38. The number of piperidine rings is 1. The minimum atomic E-state index is -4.55. The zero-order valence-corrected chi connectivity index (χ0v) is 16.6. The van der Waals surface area contributed by atoms with Crippen molar-refractivity contribution in [3.05, 3.63) is 40.0 Å². The third-order valence-electron chi connectivity index (χ3n) is 4.99. The van der Waals surface area contributed by atoms with Crippen LogP contribution in [-0.2, 0) is 6.18 Å².